The predicted molar refractivity (Wildman–Crippen MR) is 78.4 cm³/mol. The molecular formula is C15H25NO4. The number of ether oxygens (including phenoxy) is 3. The highest BCUT2D eigenvalue weighted by Gasteiger charge is 2.10. The summed E-state index contributed by atoms with van der Waals surface area (Å²) >= 11 is 0. The van der Waals surface area contributed by atoms with Crippen molar-refractivity contribution in [2.45, 2.75) is 20.4 Å². The highest BCUT2D eigenvalue weighted by Crippen LogP contribution is 2.31. The molecule has 1 rings (SSSR count). The van der Waals surface area contributed by atoms with E-state index < -0.39 is 0 Å². The molecule has 0 atom stereocenters. The van der Waals surface area contributed by atoms with Crippen LogP contribution in [0.2, 0.25) is 0 Å². The van der Waals surface area contributed by atoms with Gasteiger partial charge in [-0.15, -0.1) is 0 Å². The largest absolute Gasteiger partial charge is 0.490 e. The van der Waals surface area contributed by atoms with Crippen LogP contribution in [0.15, 0.2) is 18.2 Å². The van der Waals surface area contributed by atoms with Gasteiger partial charge in [-0.1, -0.05) is 19.1 Å². The second-order valence-electron chi connectivity index (χ2n) is 4.14. The molecule has 1 aromatic rings. The van der Waals surface area contributed by atoms with Gasteiger partial charge in [0.25, 0.3) is 0 Å². The topological polar surface area (TPSA) is 60.0 Å². The summed E-state index contributed by atoms with van der Waals surface area (Å²) in [5.41, 5.74) is 1.07. The Kier molecular flexibility index (Phi) is 8.78. The van der Waals surface area contributed by atoms with E-state index in [1.807, 2.05) is 25.1 Å². The average Bonchev–Trinajstić information content (AvgIpc) is 2.47. The first-order chi connectivity index (χ1) is 9.83. The molecule has 5 heteroatoms. The molecule has 0 aliphatic rings. The fraction of sp³-hybridized carbons (Fsp3) is 0.600. The zero-order valence-electron chi connectivity index (χ0n) is 12.4. The molecule has 20 heavy (non-hydrogen) atoms. The first-order valence-electron chi connectivity index (χ1n) is 7.10. The van der Waals surface area contributed by atoms with E-state index in [1.165, 1.54) is 0 Å². The molecule has 0 unspecified atom stereocenters. The fourth-order valence-electron chi connectivity index (χ4n) is 1.76. The van der Waals surface area contributed by atoms with Gasteiger partial charge in [-0.25, -0.2) is 0 Å². The summed E-state index contributed by atoms with van der Waals surface area (Å²) in [5.74, 6) is 1.52. The number of nitrogens with one attached hydrogen (secondary N) is 1. The van der Waals surface area contributed by atoms with Crippen LogP contribution in [0, 0.1) is 0 Å². The van der Waals surface area contributed by atoms with Crippen LogP contribution in [0.25, 0.3) is 0 Å². The van der Waals surface area contributed by atoms with Crippen LogP contribution in [-0.2, 0) is 11.3 Å². The molecule has 0 bridgehead atoms. The molecule has 0 fully saturated rings. The van der Waals surface area contributed by atoms with Crippen LogP contribution in [0.3, 0.4) is 0 Å². The maximum absolute atomic E-state index is 8.64. The van der Waals surface area contributed by atoms with E-state index in [9.17, 15) is 0 Å². The predicted octanol–water partition coefficient (Wildman–Crippen LogP) is 1.58. The van der Waals surface area contributed by atoms with Crippen molar-refractivity contribution in [2.24, 2.45) is 0 Å². The lowest BCUT2D eigenvalue weighted by molar-refractivity contribution is 0.0695. The van der Waals surface area contributed by atoms with E-state index in [2.05, 4.69) is 12.2 Å². The zero-order valence-corrected chi connectivity index (χ0v) is 12.4. The molecule has 114 valence electrons. The lowest BCUT2D eigenvalue weighted by atomic mass is 10.2. The minimum atomic E-state index is 0.0290. The van der Waals surface area contributed by atoms with E-state index in [1.54, 1.807) is 0 Å². The van der Waals surface area contributed by atoms with Crippen LogP contribution in [0.1, 0.15) is 19.4 Å². The summed E-state index contributed by atoms with van der Waals surface area (Å²) in [6, 6.07) is 5.89. The van der Waals surface area contributed by atoms with Crippen molar-refractivity contribution >= 4 is 0 Å². The van der Waals surface area contributed by atoms with Crippen LogP contribution < -0.4 is 14.8 Å². The average molecular weight is 283 g/mol. The van der Waals surface area contributed by atoms with Crippen molar-refractivity contribution in [3.8, 4) is 11.5 Å². The van der Waals surface area contributed by atoms with E-state index >= 15 is 0 Å². The smallest absolute Gasteiger partial charge is 0.165 e. The van der Waals surface area contributed by atoms with Crippen molar-refractivity contribution < 1.29 is 19.3 Å². The van der Waals surface area contributed by atoms with E-state index in [4.69, 9.17) is 19.3 Å². The molecule has 1 aromatic carbocycles. The first-order valence-corrected chi connectivity index (χ1v) is 7.10. The number of aliphatic hydroxyl groups excluding tert-OH is 1. The standard InChI is InChI=1S/C15H25NO4/c1-3-16-12-13-6-5-7-14(19-4-2)15(13)20-11-10-18-9-8-17/h5-7,16-17H,3-4,8-12H2,1-2H3. The molecule has 0 saturated heterocycles. The highest BCUT2D eigenvalue weighted by molar-refractivity contribution is 5.46. The van der Waals surface area contributed by atoms with Crippen LogP contribution in [0.5, 0.6) is 11.5 Å². The van der Waals surface area contributed by atoms with E-state index in [0.717, 1.165) is 30.2 Å². The Hall–Kier alpha value is -1.30. The van der Waals surface area contributed by atoms with E-state index in [-0.39, 0.29) is 6.61 Å². The summed E-state index contributed by atoms with van der Waals surface area (Å²) in [7, 11) is 0. The molecule has 0 aliphatic carbocycles. The zero-order chi connectivity index (χ0) is 14.6. The Morgan fingerprint density at radius 2 is 1.95 bits per heavy atom. The number of benzene rings is 1. The van der Waals surface area contributed by atoms with Gasteiger partial charge < -0.3 is 24.6 Å². The third kappa shape index (κ3) is 5.77. The Morgan fingerprint density at radius 1 is 1.10 bits per heavy atom. The van der Waals surface area contributed by atoms with E-state index in [0.29, 0.717) is 26.4 Å². The molecular weight excluding hydrogens is 258 g/mol. The van der Waals surface area contributed by atoms with Crippen molar-refractivity contribution in [3.05, 3.63) is 23.8 Å². The second kappa shape index (κ2) is 10.5. The monoisotopic (exact) mass is 283 g/mol. The van der Waals surface area contributed by atoms with Crippen molar-refractivity contribution in [1.29, 1.82) is 0 Å². The van der Waals surface area contributed by atoms with Gasteiger partial charge >= 0.3 is 0 Å². The number of para-hydroxylation sites is 1. The van der Waals surface area contributed by atoms with Crippen molar-refractivity contribution in [1.82, 2.24) is 5.32 Å². The van der Waals surface area contributed by atoms with Crippen molar-refractivity contribution in [2.75, 3.05) is 39.6 Å². The van der Waals surface area contributed by atoms with Gasteiger partial charge in [-0.05, 0) is 19.5 Å². The Labute approximate surface area is 120 Å². The number of aliphatic hydroxyl groups is 1. The highest BCUT2D eigenvalue weighted by atomic mass is 16.5. The summed E-state index contributed by atoms with van der Waals surface area (Å²) < 4.78 is 16.6. The van der Waals surface area contributed by atoms with Crippen molar-refractivity contribution in [3.63, 3.8) is 0 Å². The van der Waals surface area contributed by atoms with Gasteiger partial charge in [0.15, 0.2) is 11.5 Å². The molecule has 0 spiro atoms. The molecule has 5 nitrogen and oxygen atoms in total. The number of hydrogen-bond acceptors (Lipinski definition) is 5. The molecule has 0 amide bonds. The van der Waals surface area contributed by atoms with Gasteiger partial charge in [0, 0.05) is 12.1 Å². The summed E-state index contributed by atoms with van der Waals surface area (Å²) in [4.78, 5) is 0. The first kappa shape index (κ1) is 16.8. The van der Waals surface area contributed by atoms with Gasteiger partial charge in [-0.3, -0.25) is 0 Å². The normalized spacial score (nSPS) is 10.6. The molecule has 2 N–H and O–H groups in total. The quantitative estimate of drug-likeness (QED) is 0.604. The summed E-state index contributed by atoms with van der Waals surface area (Å²) in [6.45, 7) is 7.50. The Bertz CT molecular complexity index is 371. The molecule has 0 aliphatic heterocycles. The lowest BCUT2D eigenvalue weighted by Gasteiger charge is -2.16. The maximum atomic E-state index is 8.64. The summed E-state index contributed by atoms with van der Waals surface area (Å²) in [5, 5.41) is 11.9. The summed E-state index contributed by atoms with van der Waals surface area (Å²) in [6.07, 6.45) is 0. The third-order valence-corrected chi connectivity index (χ3v) is 2.64. The molecule has 0 aromatic heterocycles. The van der Waals surface area contributed by atoms with Gasteiger partial charge in [0.05, 0.1) is 26.4 Å². The lowest BCUT2D eigenvalue weighted by Crippen LogP contribution is -2.15. The van der Waals surface area contributed by atoms with Crippen LogP contribution in [-0.4, -0.2) is 44.7 Å². The SMILES string of the molecule is CCNCc1cccc(OCC)c1OCCOCCO. The molecule has 0 heterocycles. The number of rotatable bonds is 11. The van der Waals surface area contributed by atoms with Gasteiger partial charge in [0.2, 0.25) is 0 Å². The maximum Gasteiger partial charge on any atom is 0.165 e. The van der Waals surface area contributed by atoms with Gasteiger partial charge in [-0.2, -0.15) is 0 Å². The molecule has 0 saturated carbocycles. The Balaban J connectivity index is 2.66. The molecule has 0 radical (unpaired) electrons. The van der Waals surface area contributed by atoms with Crippen LogP contribution >= 0.6 is 0 Å². The second-order valence-corrected chi connectivity index (χ2v) is 4.14. The third-order valence-electron chi connectivity index (χ3n) is 2.64. The minimum Gasteiger partial charge on any atom is -0.490 e. The van der Waals surface area contributed by atoms with Gasteiger partial charge in [0.1, 0.15) is 6.61 Å². The minimum absolute atomic E-state index is 0.0290. The fourth-order valence-corrected chi connectivity index (χ4v) is 1.76. The van der Waals surface area contributed by atoms with Crippen LogP contribution in [0.4, 0.5) is 0 Å². The Morgan fingerprint density at radius 3 is 2.65 bits per heavy atom. The number of hydrogen-bond donors (Lipinski definition) is 2.